The molecule has 0 saturated carbocycles. The van der Waals surface area contributed by atoms with Gasteiger partial charge < -0.3 is 4.74 Å². The van der Waals surface area contributed by atoms with Crippen LogP contribution in [0.4, 0.5) is 0 Å². The maximum absolute atomic E-state index is 5.38. The summed E-state index contributed by atoms with van der Waals surface area (Å²) in [5.41, 5.74) is 2.05. The molecule has 0 fully saturated rings. The van der Waals surface area contributed by atoms with Crippen molar-refractivity contribution in [2.75, 3.05) is 6.61 Å². The average Bonchev–Trinajstić information content (AvgIpc) is 2.40. The molecule has 0 N–H and O–H groups in total. The molecule has 0 spiro atoms. The lowest BCUT2D eigenvalue weighted by Gasteiger charge is -2.09. The summed E-state index contributed by atoms with van der Waals surface area (Å²) in [5.74, 6) is 0.558. The summed E-state index contributed by atoms with van der Waals surface area (Å²) in [7, 11) is 0. The highest BCUT2D eigenvalue weighted by molar-refractivity contribution is 5.72. The van der Waals surface area contributed by atoms with Gasteiger partial charge in [-0.25, -0.2) is 0 Å². The molecular weight excluding hydrogens is 216 g/mol. The Morgan fingerprint density at radius 1 is 1.24 bits per heavy atom. The van der Waals surface area contributed by atoms with Gasteiger partial charge in [-0.1, -0.05) is 6.58 Å². The van der Waals surface area contributed by atoms with Gasteiger partial charge in [0.05, 0.1) is 12.8 Å². The predicted octanol–water partition coefficient (Wildman–Crippen LogP) is 1.94. The van der Waals surface area contributed by atoms with Crippen LogP contribution in [0.15, 0.2) is 37.2 Å². The van der Waals surface area contributed by atoms with Crippen molar-refractivity contribution in [2.24, 2.45) is 0 Å². The summed E-state index contributed by atoms with van der Waals surface area (Å²) in [6, 6.07) is 5.42. The molecule has 5 nitrogen and oxygen atoms in total. The van der Waals surface area contributed by atoms with Crippen molar-refractivity contribution in [3.8, 4) is 11.4 Å². The molecule has 0 aliphatic rings. The van der Waals surface area contributed by atoms with E-state index >= 15 is 0 Å². The van der Waals surface area contributed by atoms with Gasteiger partial charge in [0, 0.05) is 11.8 Å². The number of aromatic nitrogens is 4. The van der Waals surface area contributed by atoms with Crippen molar-refractivity contribution in [2.45, 2.75) is 6.92 Å². The van der Waals surface area contributed by atoms with E-state index in [1.54, 1.807) is 24.5 Å². The third-order valence-electron chi connectivity index (χ3n) is 2.15. The summed E-state index contributed by atoms with van der Waals surface area (Å²) in [6.07, 6.45) is 3.20. The summed E-state index contributed by atoms with van der Waals surface area (Å²) in [5, 5.41) is 15.7. The summed E-state index contributed by atoms with van der Waals surface area (Å²) in [4.78, 5) is 0. The Morgan fingerprint density at radius 3 is 2.76 bits per heavy atom. The number of ether oxygens (including phenoxy) is 1. The normalized spacial score (nSPS) is 9.94. The quantitative estimate of drug-likeness (QED) is 0.748. The van der Waals surface area contributed by atoms with Gasteiger partial charge in [-0.3, -0.25) is 0 Å². The van der Waals surface area contributed by atoms with Crippen molar-refractivity contribution in [1.29, 1.82) is 0 Å². The highest BCUT2D eigenvalue weighted by Crippen LogP contribution is 2.23. The van der Waals surface area contributed by atoms with E-state index in [9.17, 15) is 0 Å². The zero-order valence-electron chi connectivity index (χ0n) is 9.50. The van der Waals surface area contributed by atoms with Gasteiger partial charge in [-0.15, -0.1) is 10.2 Å². The number of hydrogen-bond donors (Lipinski definition) is 0. The van der Waals surface area contributed by atoms with Crippen LogP contribution >= 0.6 is 0 Å². The van der Waals surface area contributed by atoms with E-state index in [-0.39, 0.29) is 0 Å². The number of hydrogen-bond acceptors (Lipinski definition) is 5. The first-order chi connectivity index (χ1) is 8.33. The van der Waals surface area contributed by atoms with E-state index < -0.39 is 0 Å². The number of nitrogens with zero attached hydrogens (tertiary/aromatic N) is 4. The second-order valence-corrected chi connectivity index (χ2v) is 3.26. The van der Waals surface area contributed by atoms with E-state index in [4.69, 9.17) is 4.74 Å². The Kier molecular flexibility index (Phi) is 3.40. The molecule has 0 unspecified atom stereocenters. The Morgan fingerprint density at radius 2 is 2.06 bits per heavy atom. The Hall–Kier alpha value is -2.30. The fourth-order valence-corrected chi connectivity index (χ4v) is 1.43. The lowest BCUT2D eigenvalue weighted by Crippen LogP contribution is -1.99. The minimum atomic E-state index is 0.557. The second-order valence-electron chi connectivity index (χ2n) is 3.26. The lowest BCUT2D eigenvalue weighted by atomic mass is 10.1. The fraction of sp³-hybridized carbons (Fsp3) is 0.167. The van der Waals surface area contributed by atoms with Gasteiger partial charge in [0.1, 0.15) is 17.1 Å². The highest BCUT2D eigenvalue weighted by Gasteiger charge is 2.11. The van der Waals surface area contributed by atoms with Gasteiger partial charge in [-0.2, -0.15) is 10.2 Å². The minimum absolute atomic E-state index is 0.557. The van der Waals surface area contributed by atoms with E-state index in [1.165, 1.54) is 0 Å². The van der Waals surface area contributed by atoms with Crippen LogP contribution in [0.3, 0.4) is 0 Å². The molecular formula is C12H12N4O. The van der Waals surface area contributed by atoms with Gasteiger partial charge in [-0.05, 0) is 25.1 Å². The second kappa shape index (κ2) is 5.16. The summed E-state index contributed by atoms with van der Waals surface area (Å²) in [6.45, 7) is 6.32. The topological polar surface area (TPSA) is 60.8 Å². The molecule has 0 amide bonds. The molecule has 0 bridgehead atoms. The number of rotatable bonds is 4. The SMILES string of the molecule is C=C(OCC)c1ccnnc1-c1cccnn1. The van der Waals surface area contributed by atoms with Crippen LogP contribution < -0.4 is 0 Å². The Balaban J connectivity index is 2.45. The van der Waals surface area contributed by atoms with Crippen LogP contribution in [0, 0.1) is 0 Å². The molecule has 2 heterocycles. The molecule has 86 valence electrons. The van der Waals surface area contributed by atoms with Crippen molar-refractivity contribution >= 4 is 5.76 Å². The van der Waals surface area contributed by atoms with Crippen molar-refractivity contribution in [1.82, 2.24) is 20.4 Å². The van der Waals surface area contributed by atoms with Crippen molar-refractivity contribution < 1.29 is 4.74 Å². The Bertz CT molecular complexity index is 513. The first kappa shape index (κ1) is 11.2. The molecule has 2 aromatic heterocycles. The maximum atomic E-state index is 5.38. The zero-order valence-corrected chi connectivity index (χ0v) is 9.50. The molecule has 0 aromatic carbocycles. The largest absolute Gasteiger partial charge is 0.494 e. The first-order valence-corrected chi connectivity index (χ1v) is 5.24. The predicted molar refractivity (Wildman–Crippen MR) is 63.7 cm³/mol. The van der Waals surface area contributed by atoms with Crippen LogP contribution in [0.25, 0.3) is 17.1 Å². The van der Waals surface area contributed by atoms with Crippen LogP contribution in [0.2, 0.25) is 0 Å². The average molecular weight is 228 g/mol. The summed E-state index contributed by atoms with van der Waals surface area (Å²) < 4.78 is 5.38. The molecule has 17 heavy (non-hydrogen) atoms. The smallest absolute Gasteiger partial charge is 0.124 e. The third kappa shape index (κ3) is 2.44. The van der Waals surface area contributed by atoms with Crippen molar-refractivity contribution in [3.63, 3.8) is 0 Å². The van der Waals surface area contributed by atoms with Crippen molar-refractivity contribution in [3.05, 3.63) is 42.7 Å². The Labute approximate surface area is 99.2 Å². The molecule has 5 heteroatoms. The van der Waals surface area contributed by atoms with Gasteiger partial charge in [0.2, 0.25) is 0 Å². The highest BCUT2D eigenvalue weighted by atomic mass is 16.5. The van der Waals surface area contributed by atoms with E-state index in [0.29, 0.717) is 23.8 Å². The van der Waals surface area contributed by atoms with E-state index in [2.05, 4.69) is 27.0 Å². The van der Waals surface area contributed by atoms with Crippen LogP contribution in [-0.4, -0.2) is 27.0 Å². The van der Waals surface area contributed by atoms with E-state index in [1.807, 2.05) is 13.0 Å². The van der Waals surface area contributed by atoms with Crippen LogP contribution in [0.5, 0.6) is 0 Å². The molecule has 0 aliphatic heterocycles. The fourth-order valence-electron chi connectivity index (χ4n) is 1.43. The standard InChI is InChI=1S/C12H12N4O/c1-3-17-9(2)10-6-8-14-16-12(10)11-5-4-7-13-15-11/h4-8H,2-3H2,1H3. The maximum Gasteiger partial charge on any atom is 0.124 e. The third-order valence-corrected chi connectivity index (χ3v) is 2.15. The van der Waals surface area contributed by atoms with Gasteiger partial charge in [0.25, 0.3) is 0 Å². The summed E-state index contributed by atoms with van der Waals surface area (Å²) >= 11 is 0. The monoisotopic (exact) mass is 228 g/mol. The molecule has 2 aromatic rings. The van der Waals surface area contributed by atoms with Crippen LogP contribution in [0.1, 0.15) is 12.5 Å². The molecule has 0 saturated heterocycles. The van der Waals surface area contributed by atoms with Crippen LogP contribution in [-0.2, 0) is 4.74 Å². The van der Waals surface area contributed by atoms with Gasteiger partial charge in [0.15, 0.2) is 0 Å². The first-order valence-electron chi connectivity index (χ1n) is 5.24. The molecule has 0 atom stereocenters. The minimum Gasteiger partial charge on any atom is -0.494 e. The van der Waals surface area contributed by atoms with E-state index in [0.717, 1.165) is 5.56 Å². The molecule has 2 rings (SSSR count). The molecule has 0 aliphatic carbocycles. The molecule has 0 radical (unpaired) electrons. The van der Waals surface area contributed by atoms with Gasteiger partial charge >= 0.3 is 0 Å². The lowest BCUT2D eigenvalue weighted by molar-refractivity contribution is 0.299. The zero-order chi connectivity index (χ0) is 12.1.